The summed E-state index contributed by atoms with van der Waals surface area (Å²) in [5.74, 6) is -1.60. The van der Waals surface area contributed by atoms with E-state index in [9.17, 15) is 14.4 Å². The van der Waals surface area contributed by atoms with Crippen LogP contribution < -0.4 is 10.6 Å². The topological polar surface area (TPSA) is 95.5 Å². The van der Waals surface area contributed by atoms with E-state index in [1.54, 1.807) is 0 Å². The summed E-state index contributed by atoms with van der Waals surface area (Å²) < 4.78 is 0. The Balaban J connectivity index is 2.14. The molecule has 0 aliphatic heterocycles. The molecule has 0 aromatic rings. The predicted octanol–water partition coefficient (Wildman–Crippen LogP) is 0.963. The van der Waals surface area contributed by atoms with Crippen molar-refractivity contribution in [3.63, 3.8) is 0 Å². The number of urea groups is 1. The molecule has 0 spiro atoms. The molecule has 3 N–H and O–H groups in total. The molecule has 1 rings (SSSR count). The summed E-state index contributed by atoms with van der Waals surface area (Å²) in [4.78, 5) is 33.0. The monoisotopic (exact) mass is 274 g/mol. The van der Waals surface area contributed by atoms with Crippen LogP contribution in [0.15, 0.2) is 0 Å². The van der Waals surface area contributed by atoms with E-state index >= 15 is 0 Å². The van der Waals surface area contributed by atoms with Crippen LogP contribution in [0.1, 0.15) is 32.1 Å². The minimum Gasteiger partial charge on any atom is -0.481 e. The molecular weight excluding hydrogens is 256 g/mol. The number of hydrogen-bond acceptors (Lipinski definition) is 4. The van der Waals surface area contributed by atoms with Crippen molar-refractivity contribution in [1.82, 2.24) is 10.6 Å². The number of hydrogen-bond donors (Lipinski definition) is 3. The Morgan fingerprint density at radius 1 is 1.11 bits per heavy atom. The highest BCUT2D eigenvalue weighted by molar-refractivity contribution is 8.00. The predicted molar refractivity (Wildman–Crippen MR) is 68.5 cm³/mol. The first-order valence-electron chi connectivity index (χ1n) is 5.98. The zero-order valence-corrected chi connectivity index (χ0v) is 10.9. The zero-order chi connectivity index (χ0) is 13.4. The number of carboxylic acids is 1. The van der Waals surface area contributed by atoms with Crippen LogP contribution in [0.5, 0.6) is 0 Å². The molecule has 102 valence electrons. The molecule has 3 amide bonds. The lowest BCUT2D eigenvalue weighted by atomic mass is 9.96. The van der Waals surface area contributed by atoms with Crippen LogP contribution in [0, 0.1) is 0 Å². The summed E-state index contributed by atoms with van der Waals surface area (Å²) in [5, 5.41) is 13.3. The largest absolute Gasteiger partial charge is 0.481 e. The highest BCUT2D eigenvalue weighted by atomic mass is 32.2. The van der Waals surface area contributed by atoms with Crippen molar-refractivity contribution in [2.45, 2.75) is 38.1 Å². The Kier molecular flexibility index (Phi) is 6.56. The fourth-order valence-electron chi connectivity index (χ4n) is 1.86. The molecule has 6 nitrogen and oxygen atoms in total. The molecule has 1 aliphatic rings. The molecule has 1 aliphatic carbocycles. The number of imide groups is 1. The maximum atomic E-state index is 11.5. The third kappa shape index (κ3) is 6.48. The molecule has 0 unspecified atom stereocenters. The average molecular weight is 274 g/mol. The van der Waals surface area contributed by atoms with Gasteiger partial charge in [0.05, 0.1) is 11.5 Å². The maximum absolute atomic E-state index is 11.5. The van der Waals surface area contributed by atoms with Crippen molar-refractivity contribution in [1.29, 1.82) is 0 Å². The molecule has 0 radical (unpaired) electrons. The van der Waals surface area contributed by atoms with E-state index in [1.807, 2.05) is 0 Å². The number of rotatable bonds is 5. The van der Waals surface area contributed by atoms with E-state index in [4.69, 9.17) is 5.11 Å². The Morgan fingerprint density at radius 2 is 1.78 bits per heavy atom. The zero-order valence-electron chi connectivity index (χ0n) is 10.1. The van der Waals surface area contributed by atoms with Gasteiger partial charge >= 0.3 is 12.0 Å². The molecule has 1 fully saturated rings. The van der Waals surface area contributed by atoms with E-state index in [0.717, 1.165) is 37.4 Å². The molecule has 1 saturated carbocycles. The van der Waals surface area contributed by atoms with Crippen LogP contribution in [0.2, 0.25) is 0 Å². The average Bonchev–Trinajstić information content (AvgIpc) is 2.29. The third-order valence-electron chi connectivity index (χ3n) is 2.65. The Labute approximate surface area is 110 Å². The molecule has 0 atom stereocenters. The normalized spacial score (nSPS) is 16.0. The molecule has 0 saturated heterocycles. The van der Waals surface area contributed by atoms with Gasteiger partial charge in [-0.1, -0.05) is 19.3 Å². The van der Waals surface area contributed by atoms with Gasteiger partial charge in [-0.3, -0.25) is 14.9 Å². The van der Waals surface area contributed by atoms with Crippen molar-refractivity contribution >= 4 is 29.7 Å². The Morgan fingerprint density at radius 3 is 2.39 bits per heavy atom. The van der Waals surface area contributed by atoms with Crippen molar-refractivity contribution in [3.05, 3.63) is 0 Å². The van der Waals surface area contributed by atoms with Crippen LogP contribution in [-0.4, -0.2) is 40.6 Å². The van der Waals surface area contributed by atoms with Gasteiger partial charge in [-0.05, 0) is 12.8 Å². The molecule has 0 aromatic carbocycles. The highest BCUT2D eigenvalue weighted by Crippen LogP contribution is 2.17. The summed E-state index contributed by atoms with van der Waals surface area (Å²) in [6.45, 7) is 0. The summed E-state index contributed by atoms with van der Waals surface area (Å²) in [6, 6.07) is -0.332. The first-order valence-corrected chi connectivity index (χ1v) is 7.13. The number of thioether (sulfide) groups is 1. The first kappa shape index (κ1) is 14.8. The summed E-state index contributed by atoms with van der Waals surface area (Å²) in [5.41, 5.74) is 0. The fourth-order valence-corrected chi connectivity index (χ4v) is 2.40. The van der Waals surface area contributed by atoms with Gasteiger partial charge < -0.3 is 10.4 Å². The SMILES string of the molecule is O=C(O)CSCC(=O)NC(=O)NC1CCCCC1. The highest BCUT2D eigenvalue weighted by Gasteiger charge is 2.16. The van der Waals surface area contributed by atoms with Gasteiger partial charge in [-0.2, -0.15) is 0 Å². The summed E-state index contributed by atoms with van der Waals surface area (Å²) in [7, 11) is 0. The van der Waals surface area contributed by atoms with Gasteiger partial charge in [-0.15, -0.1) is 11.8 Å². The molecule has 0 heterocycles. The van der Waals surface area contributed by atoms with E-state index in [2.05, 4.69) is 10.6 Å². The molecule has 0 aromatic heterocycles. The van der Waals surface area contributed by atoms with E-state index in [0.29, 0.717) is 0 Å². The molecule has 18 heavy (non-hydrogen) atoms. The van der Waals surface area contributed by atoms with Gasteiger partial charge in [0, 0.05) is 6.04 Å². The van der Waals surface area contributed by atoms with Crippen molar-refractivity contribution in [2.75, 3.05) is 11.5 Å². The van der Waals surface area contributed by atoms with Gasteiger partial charge in [0.25, 0.3) is 0 Å². The lowest BCUT2D eigenvalue weighted by Gasteiger charge is -2.22. The lowest BCUT2D eigenvalue weighted by molar-refractivity contribution is -0.133. The smallest absolute Gasteiger partial charge is 0.321 e. The standard InChI is InChI=1S/C11H18N2O4S/c14-9(6-18-7-10(15)16)13-11(17)12-8-4-2-1-3-5-8/h8H,1-7H2,(H,15,16)(H2,12,13,14,17). The second-order valence-electron chi connectivity index (χ2n) is 4.24. The molecule has 7 heteroatoms. The fraction of sp³-hybridized carbons (Fsp3) is 0.727. The third-order valence-corrected chi connectivity index (χ3v) is 3.57. The van der Waals surface area contributed by atoms with Crippen LogP contribution in [0.25, 0.3) is 0 Å². The van der Waals surface area contributed by atoms with E-state index in [1.165, 1.54) is 6.42 Å². The van der Waals surface area contributed by atoms with Crippen molar-refractivity contribution < 1.29 is 19.5 Å². The second kappa shape index (κ2) is 7.97. The number of amides is 3. The minimum absolute atomic E-state index is 0.0234. The second-order valence-corrected chi connectivity index (χ2v) is 5.23. The minimum atomic E-state index is -0.973. The van der Waals surface area contributed by atoms with Crippen LogP contribution in [-0.2, 0) is 9.59 Å². The number of carboxylic acid groups (broad SMARTS) is 1. The number of nitrogens with one attached hydrogen (secondary N) is 2. The van der Waals surface area contributed by atoms with Gasteiger partial charge in [-0.25, -0.2) is 4.79 Å². The van der Waals surface area contributed by atoms with Crippen molar-refractivity contribution in [3.8, 4) is 0 Å². The van der Waals surface area contributed by atoms with Gasteiger partial charge in [0.1, 0.15) is 0 Å². The number of aliphatic carboxylic acids is 1. The molecule has 0 bridgehead atoms. The first-order chi connectivity index (χ1) is 8.58. The van der Waals surface area contributed by atoms with Crippen LogP contribution >= 0.6 is 11.8 Å². The molecular formula is C11H18N2O4S. The number of carbonyl (C=O) groups excluding carboxylic acids is 2. The van der Waals surface area contributed by atoms with Crippen LogP contribution in [0.4, 0.5) is 4.79 Å². The number of carbonyl (C=O) groups is 3. The summed E-state index contributed by atoms with van der Waals surface area (Å²) >= 11 is 0.966. The Bertz CT molecular complexity index is 316. The van der Waals surface area contributed by atoms with Crippen LogP contribution in [0.3, 0.4) is 0 Å². The lowest BCUT2D eigenvalue weighted by Crippen LogP contribution is -2.45. The van der Waals surface area contributed by atoms with Gasteiger partial charge in [0.2, 0.25) is 5.91 Å². The van der Waals surface area contributed by atoms with Crippen molar-refractivity contribution in [2.24, 2.45) is 0 Å². The van der Waals surface area contributed by atoms with E-state index < -0.39 is 17.9 Å². The quantitative estimate of drug-likeness (QED) is 0.694. The van der Waals surface area contributed by atoms with E-state index in [-0.39, 0.29) is 17.5 Å². The Hall–Kier alpha value is -1.24. The maximum Gasteiger partial charge on any atom is 0.321 e. The van der Waals surface area contributed by atoms with Gasteiger partial charge in [0.15, 0.2) is 0 Å². The summed E-state index contributed by atoms with van der Waals surface area (Å²) in [6.07, 6.45) is 5.32.